The Morgan fingerprint density at radius 2 is 1.72 bits per heavy atom. The summed E-state index contributed by atoms with van der Waals surface area (Å²) in [6, 6.07) is 8.54. The van der Waals surface area contributed by atoms with E-state index in [9.17, 15) is 13.9 Å². The van der Waals surface area contributed by atoms with Crippen molar-refractivity contribution in [2.75, 3.05) is 0 Å². The van der Waals surface area contributed by atoms with Gasteiger partial charge in [-0.2, -0.15) is 0 Å². The minimum atomic E-state index is -1.39. The second-order valence-corrected chi connectivity index (χ2v) is 4.92. The van der Waals surface area contributed by atoms with Crippen LogP contribution in [-0.4, -0.2) is 5.11 Å². The Hall–Kier alpha value is -0.970. The third-order valence-corrected chi connectivity index (χ3v) is 3.82. The highest BCUT2D eigenvalue weighted by molar-refractivity contribution is 9.10. The average molecular weight is 334 g/mol. The molecule has 0 aliphatic heterocycles. The Bertz CT molecular complexity index is 589. The van der Waals surface area contributed by atoms with Crippen molar-refractivity contribution in [1.29, 1.82) is 0 Å². The van der Waals surface area contributed by atoms with Crippen LogP contribution < -0.4 is 0 Å². The summed E-state index contributed by atoms with van der Waals surface area (Å²) >= 11 is 8.80. The third-order valence-electron chi connectivity index (χ3n) is 2.56. The minimum Gasteiger partial charge on any atom is -0.383 e. The molecule has 1 unspecified atom stereocenters. The fourth-order valence-electron chi connectivity index (χ4n) is 1.62. The number of benzene rings is 2. The van der Waals surface area contributed by atoms with Gasteiger partial charge in [0, 0.05) is 15.6 Å². The van der Waals surface area contributed by atoms with Crippen LogP contribution in [0.1, 0.15) is 17.2 Å². The van der Waals surface area contributed by atoms with Crippen LogP contribution in [0.2, 0.25) is 5.02 Å². The summed E-state index contributed by atoms with van der Waals surface area (Å²) in [5.41, 5.74) is -0.0527. The lowest BCUT2D eigenvalue weighted by Gasteiger charge is -2.14. The lowest BCUT2D eigenvalue weighted by Crippen LogP contribution is -2.05. The second-order valence-electron chi connectivity index (χ2n) is 3.69. The maximum atomic E-state index is 13.9. The molecule has 1 nitrogen and oxygen atoms in total. The Labute approximate surface area is 116 Å². The van der Waals surface area contributed by atoms with Gasteiger partial charge in [0.25, 0.3) is 0 Å². The van der Waals surface area contributed by atoms with Gasteiger partial charge in [0.1, 0.15) is 17.7 Å². The van der Waals surface area contributed by atoms with Gasteiger partial charge in [-0.05, 0) is 28.1 Å². The fourth-order valence-corrected chi connectivity index (χ4v) is 2.09. The normalized spacial score (nSPS) is 12.5. The van der Waals surface area contributed by atoms with Crippen LogP contribution in [0.15, 0.2) is 40.9 Å². The smallest absolute Gasteiger partial charge is 0.149 e. The van der Waals surface area contributed by atoms with E-state index >= 15 is 0 Å². The lowest BCUT2D eigenvalue weighted by atomic mass is 10.0. The molecule has 2 aromatic carbocycles. The van der Waals surface area contributed by atoms with Gasteiger partial charge >= 0.3 is 0 Å². The first-order valence-electron chi connectivity index (χ1n) is 5.08. The van der Waals surface area contributed by atoms with Gasteiger partial charge in [-0.15, -0.1) is 0 Å². The molecule has 0 saturated heterocycles. The van der Waals surface area contributed by atoms with Crippen LogP contribution in [0.4, 0.5) is 8.78 Å². The van der Waals surface area contributed by atoms with Crippen molar-refractivity contribution in [3.8, 4) is 0 Å². The van der Waals surface area contributed by atoms with Crippen molar-refractivity contribution >= 4 is 27.5 Å². The van der Waals surface area contributed by atoms with Crippen molar-refractivity contribution in [3.05, 3.63) is 68.7 Å². The molecule has 0 heterocycles. The summed E-state index contributed by atoms with van der Waals surface area (Å²) in [6.45, 7) is 0. The molecule has 0 aliphatic carbocycles. The Kier molecular flexibility index (Phi) is 4.00. The van der Waals surface area contributed by atoms with E-state index in [0.717, 1.165) is 0 Å². The van der Waals surface area contributed by atoms with Gasteiger partial charge < -0.3 is 5.11 Å². The van der Waals surface area contributed by atoms with Gasteiger partial charge in [0.2, 0.25) is 0 Å². The first kappa shape index (κ1) is 13.5. The van der Waals surface area contributed by atoms with Gasteiger partial charge in [0.05, 0.1) is 5.02 Å². The quantitative estimate of drug-likeness (QED) is 0.804. The first-order chi connectivity index (χ1) is 8.52. The maximum Gasteiger partial charge on any atom is 0.149 e. The molecule has 0 amide bonds. The monoisotopic (exact) mass is 332 g/mol. The predicted octanol–water partition coefficient (Wildman–Crippen LogP) is 4.46. The number of hydrogen-bond acceptors (Lipinski definition) is 1. The molecule has 1 N–H and O–H groups in total. The van der Waals surface area contributed by atoms with Crippen LogP contribution >= 0.6 is 27.5 Å². The molecular formula is C13H8BrClF2O. The van der Waals surface area contributed by atoms with Crippen LogP contribution in [0.3, 0.4) is 0 Å². The van der Waals surface area contributed by atoms with Crippen LogP contribution in [0.25, 0.3) is 0 Å². The molecule has 0 fully saturated rings. The molecule has 0 aliphatic rings. The van der Waals surface area contributed by atoms with Gasteiger partial charge in [0.15, 0.2) is 0 Å². The maximum absolute atomic E-state index is 13.9. The number of aliphatic hydroxyl groups excluding tert-OH is 1. The van der Waals surface area contributed by atoms with Gasteiger partial charge in [-0.1, -0.05) is 35.9 Å². The highest BCUT2D eigenvalue weighted by atomic mass is 79.9. The van der Waals surface area contributed by atoms with E-state index in [1.165, 1.54) is 30.3 Å². The Morgan fingerprint density at radius 3 is 2.39 bits per heavy atom. The summed E-state index contributed by atoms with van der Waals surface area (Å²) in [5, 5.41) is 9.88. The number of aliphatic hydroxyl groups is 1. The Morgan fingerprint density at radius 1 is 1.06 bits per heavy atom. The summed E-state index contributed by atoms with van der Waals surface area (Å²) < 4.78 is 27.8. The van der Waals surface area contributed by atoms with E-state index < -0.39 is 17.7 Å². The molecular weight excluding hydrogens is 325 g/mol. The highest BCUT2D eigenvalue weighted by Gasteiger charge is 2.20. The van der Waals surface area contributed by atoms with E-state index in [4.69, 9.17) is 11.6 Å². The zero-order chi connectivity index (χ0) is 13.3. The van der Waals surface area contributed by atoms with Crippen molar-refractivity contribution in [2.45, 2.75) is 6.10 Å². The SMILES string of the molecule is OC(c1ccccc1F)c1ccc(Br)c(Cl)c1F. The molecule has 2 rings (SSSR count). The predicted molar refractivity (Wildman–Crippen MR) is 69.6 cm³/mol. The fraction of sp³-hybridized carbons (Fsp3) is 0.0769. The topological polar surface area (TPSA) is 20.2 Å². The number of halogens is 4. The zero-order valence-electron chi connectivity index (χ0n) is 9.00. The zero-order valence-corrected chi connectivity index (χ0v) is 11.3. The summed E-state index contributed by atoms with van der Waals surface area (Å²) in [5.74, 6) is -1.36. The Balaban J connectivity index is 2.50. The third kappa shape index (κ3) is 2.41. The molecule has 2 aromatic rings. The summed E-state index contributed by atoms with van der Waals surface area (Å²) in [7, 11) is 0. The van der Waals surface area contributed by atoms with Crippen molar-refractivity contribution in [2.24, 2.45) is 0 Å². The van der Waals surface area contributed by atoms with Crippen LogP contribution in [-0.2, 0) is 0 Å². The van der Waals surface area contributed by atoms with E-state index in [2.05, 4.69) is 15.9 Å². The lowest BCUT2D eigenvalue weighted by molar-refractivity contribution is 0.209. The number of rotatable bonds is 2. The average Bonchev–Trinajstić information content (AvgIpc) is 2.36. The standard InChI is InChI=1S/C13H8BrClF2O/c14-9-6-5-8(12(17)11(9)15)13(18)7-3-1-2-4-10(7)16/h1-6,13,18H. The molecule has 18 heavy (non-hydrogen) atoms. The van der Waals surface area contributed by atoms with E-state index in [0.29, 0.717) is 4.47 Å². The minimum absolute atomic E-state index is 0.00906. The summed E-state index contributed by atoms with van der Waals surface area (Å²) in [6.07, 6.45) is -1.39. The molecule has 0 bridgehead atoms. The first-order valence-corrected chi connectivity index (χ1v) is 6.25. The van der Waals surface area contributed by atoms with E-state index in [-0.39, 0.29) is 16.1 Å². The molecule has 0 saturated carbocycles. The van der Waals surface area contributed by atoms with Crippen LogP contribution in [0, 0.1) is 11.6 Å². The van der Waals surface area contributed by atoms with Gasteiger partial charge in [-0.3, -0.25) is 0 Å². The molecule has 1 atom stereocenters. The molecule has 0 spiro atoms. The number of hydrogen-bond donors (Lipinski definition) is 1. The molecule has 94 valence electrons. The largest absolute Gasteiger partial charge is 0.383 e. The van der Waals surface area contributed by atoms with Crippen LogP contribution in [0.5, 0.6) is 0 Å². The van der Waals surface area contributed by atoms with E-state index in [1.54, 1.807) is 6.07 Å². The molecule has 0 aromatic heterocycles. The molecule has 5 heteroatoms. The second kappa shape index (κ2) is 5.34. The van der Waals surface area contributed by atoms with E-state index in [1.807, 2.05) is 0 Å². The summed E-state index contributed by atoms with van der Waals surface area (Å²) in [4.78, 5) is 0. The van der Waals surface area contributed by atoms with Gasteiger partial charge in [-0.25, -0.2) is 8.78 Å². The van der Waals surface area contributed by atoms with Crippen molar-refractivity contribution in [1.82, 2.24) is 0 Å². The van der Waals surface area contributed by atoms with Crippen molar-refractivity contribution in [3.63, 3.8) is 0 Å². The molecule has 0 radical (unpaired) electrons. The highest BCUT2D eigenvalue weighted by Crippen LogP contribution is 2.33. The van der Waals surface area contributed by atoms with Crippen molar-refractivity contribution < 1.29 is 13.9 Å².